The molecular weight excluding hydrogens is 246 g/mol. The summed E-state index contributed by atoms with van der Waals surface area (Å²) in [6, 6.07) is 8.44. The second-order valence-electron chi connectivity index (χ2n) is 3.81. The highest BCUT2D eigenvalue weighted by atomic mass is 16.4. The summed E-state index contributed by atoms with van der Waals surface area (Å²) in [4.78, 5) is 15.0. The van der Waals surface area contributed by atoms with E-state index in [4.69, 9.17) is 9.52 Å². The number of nitrogens with zero attached hydrogens (tertiary/aromatic N) is 3. The van der Waals surface area contributed by atoms with E-state index in [0.717, 1.165) is 0 Å². The summed E-state index contributed by atoms with van der Waals surface area (Å²) < 4.78 is 6.82. The first-order valence-electron chi connectivity index (χ1n) is 5.53. The van der Waals surface area contributed by atoms with Crippen molar-refractivity contribution in [3.05, 3.63) is 54.7 Å². The van der Waals surface area contributed by atoms with Gasteiger partial charge in [0.15, 0.2) is 11.5 Å². The monoisotopic (exact) mass is 255 g/mol. The number of carboxylic acid groups (broad SMARTS) is 1. The zero-order valence-corrected chi connectivity index (χ0v) is 9.72. The van der Waals surface area contributed by atoms with Crippen LogP contribution < -0.4 is 0 Å². The first-order chi connectivity index (χ1) is 9.25. The summed E-state index contributed by atoms with van der Waals surface area (Å²) >= 11 is 0. The number of furan rings is 1. The van der Waals surface area contributed by atoms with Gasteiger partial charge in [-0.1, -0.05) is 0 Å². The van der Waals surface area contributed by atoms with Crippen LogP contribution in [0.2, 0.25) is 0 Å². The molecule has 0 radical (unpaired) electrons. The average Bonchev–Trinajstić information content (AvgIpc) is 3.08. The Kier molecular flexibility index (Phi) is 2.60. The first-order valence-corrected chi connectivity index (χ1v) is 5.53. The molecule has 0 saturated carbocycles. The van der Waals surface area contributed by atoms with Gasteiger partial charge < -0.3 is 9.52 Å². The summed E-state index contributed by atoms with van der Waals surface area (Å²) in [6.07, 6.45) is 4.76. The number of carboxylic acids is 1. The number of pyridine rings is 1. The first kappa shape index (κ1) is 11.2. The topological polar surface area (TPSA) is 81.1 Å². The molecule has 0 aliphatic carbocycles. The van der Waals surface area contributed by atoms with E-state index in [1.807, 2.05) is 0 Å². The predicted octanol–water partition coefficient (Wildman–Crippen LogP) is 2.23. The number of aromatic nitrogens is 3. The third kappa shape index (κ3) is 1.99. The van der Waals surface area contributed by atoms with Crippen LogP contribution in [0, 0.1) is 0 Å². The van der Waals surface area contributed by atoms with Gasteiger partial charge in [-0.25, -0.2) is 9.48 Å². The lowest BCUT2D eigenvalue weighted by atomic mass is 10.3. The molecule has 0 unspecified atom stereocenters. The van der Waals surface area contributed by atoms with Crippen molar-refractivity contribution in [3.63, 3.8) is 0 Å². The van der Waals surface area contributed by atoms with E-state index >= 15 is 0 Å². The van der Waals surface area contributed by atoms with E-state index in [9.17, 15) is 4.79 Å². The average molecular weight is 255 g/mol. The smallest absolute Gasteiger partial charge is 0.356 e. The molecule has 3 heterocycles. The van der Waals surface area contributed by atoms with Crippen LogP contribution in [0.4, 0.5) is 0 Å². The van der Waals surface area contributed by atoms with Crippen molar-refractivity contribution in [2.75, 3.05) is 0 Å². The highest BCUT2D eigenvalue weighted by Gasteiger charge is 2.17. The van der Waals surface area contributed by atoms with Crippen LogP contribution in [0.15, 0.2) is 53.4 Å². The summed E-state index contributed by atoms with van der Waals surface area (Å²) in [7, 11) is 0. The lowest BCUT2D eigenvalue weighted by Gasteiger charge is -2.04. The Morgan fingerprint density at radius 1 is 1.26 bits per heavy atom. The van der Waals surface area contributed by atoms with Crippen LogP contribution in [0.1, 0.15) is 10.5 Å². The molecule has 6 nitrogen and oxygen atoms in total. The van der Waals surface area contributed by atoms with Crippen molar-refractivity contribution in [2.45, 2.75) is 0 Å². The van der Waals surface area contributed by atoms with Gasteiger partial charge in [0.1, 0.15) is 5.69 Å². The quantitative estimate of drug-likeness (QED) is 0.776. The number of aromatic carboxylic acids is 1. The highest BCUT2D eigenvalue weighted by Crippen LogP contribution is 2.24. The van der Waals surface area contributed by atoms with Crippen LogP contribution in [-0.4, -0.2) is 25.8 Å². The van der Waals surface area contributed by atoms with Gasteiger partial charge in [-0.05, 0) is 24.3 Å². The van der Waals surface area contributed by atoms with Gasteiger partial charge in [-0.3, -0.25) is 4.98 Å². The fourth-order valence-corrected chi connectivity index (χ4v) is 1.77. The SMILES string of the molecule is O=C(O)c1cc(-c2ccco2)n(-c2ccncc2)n1. The van der Waals surface area contributed by atoms with Crippen molar-refractivity contribution in [1.29, 1.82) is 0 Å². The highest BCUT2D eigenvalue weighted by molar-refractivity contribution is 5.87. The van der Waals surface area contributed by atoms with Crippen LogP contribution in [0.5, 0.6) is 0 Å². The summed E-state index contributed by atoms with van der Waals surface area (Å²) in [5.74, 6) is -0.530. The van der Waals surface area contributed by atoms with Gasteiger partial charge >= 0.3 is 5.97 Å². The van der Waals surface area contributed by atoms with E-state index in [2.05, 4.69) is 10.1 Å². The van der Waals surface area contributed by atoms with Crippen molar-refractivity contribution in [1.82, 2.24) is 14.8 Å². The van der Waals surface area contributed by atoms with Crippen molar-refractivity contribution >= 4 is 5.97 Å². The normalized spacial score (nSPS) is 10.5. The Morgan fingerprint density at radius 3 is 2.68 bits per heavy atom. The molecule has 3 rings (SSSR count). The minimum absolute atomic E-state index is 0.0387. The van der Waals surface area contributed by atoms with E-state index in [1.165, 1.54) is 17.0 Å². The Bertz CT molecular complexity index is 702. The number of hydrogen-bond acceptors (Lipinski definition) is 4. The van der Waals surface area contributed by atoms with Gasteiger partial charge in [0, 0.05) is 18.5 Å². The molecule has 19 heavy (non-hydrogen) atoms. The molecule has 0 atom stereocenters. The maximum Gasteiger partial charge on any atom is 0.356 e. The number of carbonyl (C=O) groups is 1. The third-order valence-electron chi connectivity index (χ3n) is 2.61. The fraction of sp³-hybridized carbons (Fsp3) is 0. The van der Waals surface area contributed by atoms with Gasteiger partial charge in [-0.2, -0.15) is 5.10 Å². The standard InChI is InChI=1S/C13H9N3O3/c17-13(18)10-8-11(12-2-1-7-19-12)16(15-10)9-3-5-14-6-4-9/h1-8H,(H,17,18). The Hall–Kier alpha value is -2.89. The van der Waals surface area contributed by atoms with Crippen molar-refractivity contribution in [2.24, 2.45) is 0 Å². The molecule has 0 amide bonds. The molecule has 1 N–H and O–H groups in total. The lowest BCUT2D eigenvalue weighted by molar-refractivity contribution is 0.0690. The fourth-order valence-electron chi connectivity index (χ4n) is 1.77. The molecule has 3 aromatic heterocycles. The zero-order valence-electron chi connectivity index (χ0n) is 9.72. The zero-order chi connectivity index (χ0) is 13.2. The maximum absolute atomic E-state index is 11.0. The third-order valence-corrected chi connectivity index (χ3v) is 2.61. The van der Waals surface area contributed by atoms with Crippen LogP contribution >= 0.6 is 0 Å². The molecule has 6 heteroatoms. The molecule has 0 bridgehead atoms. The Morgan fingerprint density at radius 2 is 2.05 bits per heavy atom. The van der Waals surface area contributed by atoms with Gasteiger partial charge in [0.05, 0.1) is 12.0 Å². The molecule has 0 saturated heterocycles. The van der Waals surface area contributed by atoms with Crippen LogP contribution in [-0.2, 0) is 0 Å². The molecular formula is C13H9N3O3. The minimum atomic E-state index is -1.08. The van der Waals surface area contributed by atoms with E-state index in [1.54, 1.807) is 36.7 Å². The maximum atomic E-state index is 11.0. The molecule has 0 aliphatic heterocycles. The number of rotatable bonds is 3. The van der Waals surface area contributed by atoms with E-state index in [-0.39, 0.29) is 5.69 Å². The summed E-state index contributed by atoms with van der Waals surface area (Å²) in [6.45, 7) is 0. The molecule has 0 aliphatic rings. The second-order valence-corrected chi connectivity index (χ2v) is 3.81. The Labute approximate surface area is 107 Å². The molecule has 0 fully saturated rings. The van der Waals surface area contributed by atoms with Gasteiger partial charge in [-0.15, -0.1) is 0 Å². The van der Waals surface area contributed by atoms with Gasteiger partial charge in [0.2, 0.25) is 0 Å². The molecule has 3 aromatic rings. The summed E-state index contributed by atoms with van der Waals surface area (Å²) in [5.41, 5.74) is 1.26. The molecule has 0 aromatic carbocycles. The van der Waals surface area contributed by atoms with Gasteiger partial charge in [0.25, 0.3) is 0 Å². The van der Waals surface area contributed by atoms with E-state index in [0.29, 0.717) is 17.1 Å². The van der Waals surface area contributed by atoms with Crippen molar-refractivity contribution in [3.8, 4) is 17.1 Å². The van der Waals surface area contributed by atoms with Crippen LogP contribution in [0.3, 0.4) is 0 Å². The molecule has 94 valence electrons. The second kappa shape index (κ2) is 4.41. The Balaban J connectivity index is 2.20. The minimum Gasteiger partial charge on any atom is -0.476 e. The lowest BCUT2D eigenvalue weighted by Crippen LogP contribution is -2.02. The summed E-state index contributed by atoms with van der Waals surface area (Å²) in [5, 5.41) is 13.1. The predicted molar refractivity (Wildman–Crippen MR) is 66.0 cm³/mol. The van der Waals surface area contributed by atoms with E-state index < -0.39 is 5.97 Å². The largest absolute Gasteiger partial charge is 0.476 e. The molecule has 0 spiro atoms. The van der Waals surface area contributed by atoms with Crippen molar-refractivity contribution < 1.29 is 14.3 Å². The van der Waals surface area contributed by atoms with Crippen LogP contribution in [0.25, 0.3) is 17.1 Å². The number of hydrogen-bond donors (Lipinski definition) is 1.